The van der Waals surface area contributed by atoms with Crippen LogP contribution in [0.25, 0.3) is 0 Å². The maximum absolute atomic E-state index is 10.3. The van der Waals surface area contributed by atoms with Crippen molar-refractivity contribution in [3.63, 3.8) is 0 Å². The summed E-state index contributed by atoms with van der Waals surface area (Å²) in [4.78, 5) is 5.03. The van der Waals surface area contributed by atoms with E-state index in [0.717, 1.165) is 6.42 Å². The van der Waals surface area contributed by atoms with Crippen molar-refractivity contribution in [2.24, 2.45) is 11.1 Å². The number of ether oxygens (including phenoxy) is 2. The molecular formula is C19H35NO4. The van der Waals surface area contributed by atoms with Crippen LogP contribution in [0.1, 0.15) is 53.4 Å². The molecule has 140 valence electrons. The molecule has 0 rings (SSSR count). The van der Waals surface area contributed by atoms with Crippen molar-refractivity contribution in [3.8, 4) is 0 Å². The van der Waals surface area contributed by atoms with Crippen LogP contribution in [-0.2, 0) is 14.3 Å². The third-order valence-electron chi connectivity index (χ3n) is 4.29. The van der Waals surface area contributed by atoms with Gasteiger partial charge in [-0.25, -0.2) is 0 Å². The van der Waals surface area contributed by atoms with E-state index in [4.69, 9.17) is 14.3 Å². The van der Waals surface area contributed by atoms with Gasteiger partial charge in [0.15, 0.2) is 0 Å². The average molecular weight is 341 g/mol. The quantitative estimate of drug-likeness (QED) is 0.170. The molecule has 0 aliphatic heterocycles. The smallest absolute Gasteiger partial charge is 0.229 e. The fraction of sp³-hybridized carbons (Fsp3) is 0.737. The van der Waals surface area contributed by atoms with Crippen molar-refractivity contribution in [2.75, 3.05) is 19.8 Å². The van der Waals surface area contributed by atoms with E-state index in [0.29, 0.717) is 45.0 Å². The molecule has 0 heterocycles. The number of hydrogen-bond donors (Lipinski definition) is 1. The van der Waals surface area contributed by atoms with Gasteiger partial charge in [0.2, 0.25) is 5.90 Å². The molecule has 0 spiro atoms. The van der Waals surface area contributed by atoms with Crippen LogP contribution in [0, 0.1) is 5.92 Å². The van der Waals surface area contributed by atoms with Crippen LogP contribution in [0.4, 0.5) is 0 Å². The van der Waals surface area contributed by atoms with E-state index in [1.54, 1.807) is 12.2 Å². The van der Waals surface area contributed by atoms with Gasteiger partial charge < -0.3 is 19.4 Å². The van der Waals surface area contributed by atoms with Crippen LogP contribution >= 0.6 is 0 Å². The van der Waals surface area contributed by atoms with E-state index in [2.05, 4.69) is 32.2 Å². The molecule has 3 unspecified atom stereocenters. The molecule has 5 nitrogen and oxygen atoms in total. The molecule has 0 saturated heterocycles. The highest BCUT2D eigenvalue weighted by Crippen LogP contribution is 2.30. The van der Waals surface area contributed by atoms with Crippen LogP contribution in [0.15, 0.2) is 30.5 Å². The summed E-state index contributed by atoms with van der Waals surface area (Å²) in [5.74, 6) is 0.767. The van der Waals surface area contributed by atoms with Gasteiger partial charge in [-0.3, -0.25) is 0 Å². The molecule has 0 saturated carbocycles. The first-order valence-electron chi connectivity index (χ1n) is 8.81. The van der Waals surface area contributed by atoms with Crippen LogP contribution in [0.3, 0.4) is 0 Å². The molecule has 5 heteroatoms. The van der Waals surface area contributed by atoms with Gasteiger partial charge in [-0.1, -0.05) is 51.1 Å². The minimum Gasteiger partial charge on any atom is -0.478 e. The average Bonchev–Trinajstić information content (AvgIpc) is 2.59. The van der Waals surface area contributed by atoms with E-state index < -0.39 is 11.7 Å². The SMILES string of the molecule is C=CCO/N=C(\CC=C)OCCCOC(C)(C(C)CC)C(O)CC. The molecule has 24 heavy (non-hydrogen) atoms. The Morgan fingerprint density at radius 3 is 2.46 bits per heavy atom. The second kappa shape index (κ2) is 13.0. The fourth-order valence-electron chi connectivity index (χ4n) is 2.33. The zero-order chi connectivity index (χ0) is 18.4. The van der Waals surface area contributed by atoms with Gasteiger partial charge in [-0.2, -0.15) is 0 Å². The summed E-state index contributed by atoms with van der Waals surface area (Å²) in [5.41, 5.74) is -0.533. The van der Waals surface area contributed by atoms with Crippen molar-refractivity contribution < 1.29 is 19.4 Å². The molecule has 0 fully saturated rings. The van der Waals surface area contributed by atoms with Gasteiger partial charge in [0.1, 0.15) is 6.61 Å². The molecule has 1 N–H and O–H groups in total. The predicted octanol–water partition coefficient (Wildman–Crippen LogP) is 4.08. The van der Waals surface area contributed by atoms with E-state index in [1.165, 1.54) is 0 Å². The normalized spacial score (nSPS) is 16.8. The Hall–Kier alpha value is -1.33. The van der Waals surface area contributed by atoms with E-state index in [9.17, 15) is 5.11 Å². The third-order valence-corrected chi connectivity index (χ3v) is 4.29. The van der Waals surface area contributed by atoms with Crippen molar-refractivity contribution in [1.82, 2.24) is 0 Å². The molecule has 0 bridgehead atoms. The summed E-state index contributed by atoms with van der Waals surface area (Å²) in [5, 5.41) is 14.2. The highest BCUT2D eigenvalue weighted by Gasteiger charge is 2.37. The molecule has 0 aromatic heterocycles. The Labute approximate surface area is 147 Å². The van der Waals surface area contributed by atoms with Crippen LogP contribution in [0.2, 0.25) is 0 Å². The number of hydrogen-bond acceptors (Lipinski definition) is 5. The van der Waals surface area contributed by atoms with Crippen LogP contribution in [-0.4, -0.2) is 42.5 Å². The Kier molecular flexibility index (Phi) is 12.3. The first kappa shape index (κ1) is 22.7. The monoisotopic (exact) mass is 341 g/mol. The summed E-state index contributed by atoms with van der Waals surface area (Å²) in [6.07, 6.45) is 5.71. The molecule has 0 aliphatic rings. The standard InChI is InChI=1S/C19H35NO4/c1-7-12-18(20-24-13-8-2)22-14-11-15-23-19(6,16(5)9-3)17(21)10-4/h7-8,16-17,21H,1-2,9-15H2,3-6H3/b20-18+. The Balaban J connectivity index is 4.34. The van der Waals surface area contributed by atoms with Gasteiger partial charge >= 0.3 is 0 Å². The van der Waals surface area contributed by atoms with Gasteiger partial charge in [0.25, 0.3) is 0 Å². The molecule has 0 amide bonds. The Bertz CT molecular complexity index is 372. The largest absolute Gasteiger partial charge is 0.478 e. The lowest BCUT2D eigenvalue weighted by atomic mass is 9.82. The van der Waals surface area contributed by atoms with Crippen molar-refractivity contribution >= 4 is 5.90 Å². The molecule has 0 aliphatic carbocycles. The molecule has 0 aromatic rings. The van der Waals surface area contributed by atoms with E-state index in [-0.39, 0.29) is 5.92 Å². The lowest BCUT2D eigenvalue weighted by Gasteiger charge is -2.39. The fourth-order valence-corrected chi connectivity index (χ4v) is 2.33. The first-order valence-corrected chi connectivity index (χ1v) is 8.81. The van der Waals surface area contributed by atoms with Gasteiger partial charge in [-0.15, -0.1) is 6.58 Å². The van der Waals surface area contributed by atoms with Crippen molar-refractivity contribution in [2.45, 2.75) is 65.1 Å². The Morgan fingerprint density at radius 1 is 1.21 bits per heavy atom. The zero-order valence-corrected chi connectivity index (χ0v) is 15.8. The van der Waals surface area contributed by atoms with Gasteiger partial charge in [0.05, 0.1) is 24.9 Å². The van der Waals surface area contributed by atoms with Crippen LogP contribution in [0.5, 0.6) is 0 Å². The number of rotatable bonds is 14. The highest BCUT2D eigenvalue weighted by molar-refractivity contribution is 5.76. The topological polar surface area (TPSA) is 60.3 Å². The molecule has 0 aromatic carbocycles. The summed E-state index contributed by atoms with van der Waals surface area (Å²) >= 11 is 0. The summed E-state index contributed by atoms with van der Waals surface area (Å²) in [6, 6.07) is 0. The maximum Gasteiger partial charge on any atom is 0.229 e. The van der Waals surface area contributed by atoms with E-state index in [1.807, 2.05) is 13.8 Å². The third kappa shape index (κ3) is 7.97. The van der Waals surface area contributed by atoms with Gasteiger partial charge in [0, 0.05) is 12.8 Å². The lowest BCUT2D eigenvalue weighted by molar-refractivity contribution is -0.145. The molecule has 3 atom stereocenters. The number of nitrogens with zero attached hydrogens (tertiary/aromatic N) is 1. The Morgan fingerprint density at radius 2 is 1.92 bits per heavy atom. The lowest BCUT2D eigenvalue weighted by Crippen LogP contribution is -2.47. The van der Waals surface area contributed by atoms with Crippen LogP contribution < -0.4 is 0 Å². The minimum atomic E-state index is -0.533. The number of aliphatic hydroxyl groups excluding tert-OH is 1. The predicted molar refractivity (Wildman–Crippen MR) is 99.1 cm³/mol. The zero-order valence-electron chi connectivity index (χ0n) is 15.8. The number of aliphatic hydroxyl groups is 1. The number of oxime groups is 1. The van der Waals surface area contributed by atoms with Crippen molar-refractivity contribution in [3.05, 3.63) is 25.3 Å². The summed E-state index contributed by atoms with van der Waals surface area (Å²) in [7, 11) is 0. The van der Waals surface area contributed by atoms with E-state index >= 15 is 0 Å². The second-order valence-corrected chi connectivity index (χ2v) is 6.03. The van der Waals surface area contributed by atoms with Gasteiger partial charge in [-0.05, 0) is 19.3 Å². The maximum atomic E-state index is 10.3. The summed E-state index contributed by atoms with van der Waals surface area (Å²) < 4.78 is 11.6. The first-order chi connectivity index (χ1) is 11.5. The summed E-state index contributed by atoms with van der Waals surface area (Å²) in [6.45, 7) is 16.8. The second-order valence-electron chi connectivity index (χ2n) is 6.03. The minimum absolute atomic E-state index is 0.276. The molecular weight excluding hydrogens is 306 g/mol. The molecule has 0 radical (unpaired) electrons. The van der Waals surface area contributed by atoms with Crippen molar-refractivity contribution in [1.29, 1.82) is 0 Å². The highest BCUT2D eigenvalue weighted by atomic mass is 16.6.